The van der Waals surface area contributed by atoms with E-state index in [1.54, 1.807) is 12.3 Å². The second-order valence-corrected chi connectivity index (χ2v) is 4.69. The Kier molecular flexibility index (Phi) is 3.97. The van der Waals surface area contributed by atoms with Crippen LogP contribution in [-0.4, -0.2) is 26.9 Å². The fourth-order valence-corrected chi connectivity index (χ4v) is 2.16. The van der Waals surface area contributed by atoms with Crippen LogP contribution in [-0.2, 0) is 0 Å². The molecular formula is C15H15N5O2. The minimum Gasteiger partial charge on any atom is -0.423 e. The van der Waals surface area contributed by atoms with E-state index in [0.29, 0.717) is 23.0 Å². The van der Waals surface area contributed by atoms with Crippen molar-refractivity contribution >= 4 is 11.5 Å². The van der Waals surface area contributed by atoms with E-state index < -0.39 is 0 Å². The third-order valence-corrected chi connectivity index (χ3v) is 3.23. The van der Waals surface area contributed by atoms with Gasteiger partial charge in [-0.15, -0.1) is 10.2 Å². The molecule has 0 amide bonds. The third kappa shape index (κ3) is 2.89. The topological polar surface area (TPSA) is 110 Å². The Morgan fingerprint density at radius 2 is 2.09 bits per heavy atom. The molecule has 0 aliphatic carbocycles. The fraction of sp³-hybridized carbons (Fsp3) is 0.133. The highest BCUT2D eigenvalue weighted by atomic mass is 16.4. The Morgan fingerprint density at radius 3 is 2.77 bits per heavy atom. The van der Waals surface area contributed by atoms with E-state index >= 15 is 0 Å². The summed E-state index contributed by atoms with van der Waals surface area (Å²) in [4.78, 5) is 4.05. The van der Waals surface area contributed by atoms with Crippen LogP contribution in [0.5, 0.6) is 0 Å². The SMILES string of the molecule is Nc1cc(NC(CO)c2ccccc2)c(-c2nnco2)cn1. The number of nitrogens with two attached hydrogens (primary N) is 1. The molecule has 1 aromatic carbocycles. The van der Waals surface area contributed by atoms with E-state index in [2.05, 4.69) is 20.5 Å². The quantitative estimate of drug-likeness (QED) is 0.659. The van der Waals surface area contributed by atoms with Crippen molar-refractivity contribution in [2.75, 3.05) is 17.7 Å². The monoisotopic (exact) mass is 297 g/mol. The maximum Gasteiger partial charge on any atom is 0.251 e. The molecule has 2 aromatic heterocycles. The molecule has 4 N–H and O–H groups in total. The normalized spacial score (nSPS) is 12.0. The van der Waals surface area contributed by atoms with Gasteiger partial charge in [0, 0.05) is 12.3 Å². The van der Waals surface area contributed by atoms with Crippen LogP contribution >= 0.6 is 0 Å². The van der Waals surface area contributed by atoms with Crippen molar-refractivity contribution in [1.29, 1.82) is 0 Å². The number of aliphatic hydroxyl groups is 1. The number of rotatable bonds is 5. The predicted molar refractivity (Wildman–Crippen MR) is 81.8 cm³/mol. The molecule has 1 unspecified atom stereocenters. The summed E-state index contributed by atoms with van der Waals surface area (Å²) in [5.41, 5.74) is 8.00. The molecule has 112 valence electrons. The summed E-state index contributed by atoms with van der Waals surface area (Å²) in [6.07, 6.45) is 2.81. The van der Waals surface area contributed by atoms with Crippen molar-refractivity contribution < 1.29 is 9.52 Å². The molecule has 3 aromatic rings. The molecule has 0 radical (unpaired) electrons. The molecular weight excluding hydrogens is 282 g/mol. The van der Waals surface area contributed by atoms with E-state index in [1.165, 1.54) is 6.39 Å². The van der Waals surface area contributed by atoms with E-state index in [9.17, 15) is 5.11 Å². The van der Waals surface area contributed by atoms with E-state index in [-0.39, 0.29) is 12.6 Å². The molecule has 7 nitrogen and oxygen atoms in total. The van der Waals surface area contributed by atoms with Gasteiger partial charge in [0.1, 0.15) is 5.82 Å². The molecule has 7 heteroatoms. The highest BCUT2D eigenvalue weighted by Gasteiger charge is 2.16. The van der Waals surface area contributed by atoms with Gasteiger partial charge >= 0.3 is 0 Å². The number of anilines is 2. The van der Waals surface area contributed by atoms with Crippen LogP contribution in [0.3, 0.4) is 0 Å². The molecule has 22 heavy (non-hydrogen) atoms. The summed E-state index contributed by atoms with van der Waals surface area (Å²) in [5, 5.41) is 20.5. The molecule has 0 fully saturated rings. The molecule has 0 saturated heterocycles. The van der Waals surface area contributed by atoms with Crippen molar-refractivity contribution in [1.82, 2.24) is 15.2 Å². The van der Waals surface area contributed by atoms with Gasteiger partial charge in [0.05, 0.1) is 23.9 Å². The van der Waals surface area contributed by atoms with E-state index in [0.717, 1.165) is 5.56 Å². The van der Waals surface area contributed by atoms with Crippen LogP contribution in [0.2, 0.25) is 0 Å². The van der Waals surface area contributed by atoms with Gasteiger partial charge in [0.25, 0.3) is 5.89 Å². The summed E-state index contributed by atoms with van der Waals surface area (Å²) >= 11 is 0. The number of nitrogens with zero attached hydrogens (tertiary/aromatic N) is 3. The molecule has 0 aliphatic heterocycles. The highest BCUT2D eigenvalue weighted by molar-refractivity contribution is 5.74. The second kappa shape index (κ2) is 6.23. The summed E-state index contributed by atoms with van der Waals surface area (Å²) in [5.74, 6) is 0.690. The number of nitrogens with one attached hydrogen (secondary N) is 1. The lowest BCUT2D eigenvalue weighted by Crippen LogP contribution is -2.15. The Morgan fingerprint density at radius 1 is 1.27 bits per heavy atom. The first kappa shape index (κ1) is 14.0. The highest BCUT2D eigenvalue weighted by Crippen LogP contribution is 2.30. The summed E-state index contributed by atoms with van der Waals surface area (Å²) < 4.78 is 5.22. The van der Waals surface area contributed by atoms with Gasteiger partial charge in [-0.05, 0) is 5.56 Å². The molecule has 2 heterocycles. The Labute approximate surface area is 126 Å². The molecule has 3 rings (SSSR count). The molecule has 0 spiro atoms. The van der Waals surface area contributed by atoms with Crippen LogP contribution < -0.4 is 11.1 Å². The minimum atomic E-state index is -0.287. The van der Waals surface area contributed by atoms with Gasteiger partial charge in [-0.1, -0.05) is 30.3 Å². The summed E-state index contributed by atoms with van der Waals surface area (Å²) in [6, 6.07) is 11.0. The summed E-state index contributed by atoms with van der Waals surface area (Å²) in [7, 11) is 0. The number of pyridine rings is 1. The number of aliphatic hydroxyl groups excluding tert-OH is 1. The molecule has 0 saturated carbocycles. The van der Waals surface area contributed by atoms with Crippen molar-refractivity contribution in [2.45, 2.75) is 6.04 Å². The standard InChI is InChI=1S/C15H15N5O2/c16-14-6-12(11(7-17-14)15-20-18-9-22-15)19-13(8-21)10-4-2-1-3-5-10/h1-7,9,13,21H,8H2,(H3,16,17,19). The Bertz CT molecular complexity index is 731. The third-order valence-electron chi connectivity index (χ3n) is 3.23. The van der Waals surface area contributed by atoms with E-state index in [4.69, 9.17) is 10.2 Å². The average molecular weight is 297 g/mol. The second-order valence-electron chi connectivity index (χ2n) is 4.69. The lowest BCUT2D eigenvalue weighted by molar-refractivity contribution is 0.276. The first-order valence-electron chi connectivity index (χ1n) is 6.72. The lowest BCUT2D eigenvalue weighted by atomic mass is 10.1. The zero-order valence-corrected chi connectivity index (χ0v) is 11.7. The Hall–Kier alpha value is -2.93. The number of hydrogen-bond acceptors (Lipinski definition) is 7. The number of hydrogen-bond donors (Lipinski definition) is 3. The fourth-order valence-electron chi connectivity index (χ4n) is 2.16. The zero-order chi connectivity index (χ0) is 15.4. The van der Waals surface area contributed by atoms with Gasteiger partial charge < -0.3 is 20.6 Å². The largest absolute Gasteiger partial charge is 0.423 e. The van der Waals surface area contributed by atoms with Crippen molar-refractivity contribution in [3.05, 3.63) is 54.6 Å². The predicted octanol–water partition coefficient (Wildman–Crippen LogP) is 1.86. The lowest BCUT2D eigenvalue weighted by Gasteiger charge is -2.19. The zero-order valence-electron chi connectivity index (χ0n) is 11.7. The number of nitrogen functional groups attached to an aromatic ring is 1. The van der Waals surface area contributed by atoms with Crippen LogP contribution in [0.4, 0.5) is 11.5 Å². The molecule has 1 atom stereocenters. The maximum atomic E-state index is 9.67. The van der Waals surface area contributed by atoms with Crippen molar-refractivity contribution in [3.63, 3.8) is 0 Å². The van der Waals surface area contributed by atoms with Gasteiger partial charge in [0.15, 0.2) is 0 Å². The molecule has 0 bridgehead atoms. The molecule has 0 aliphatic rings. The van der Waals surface area contributed by atoms with Gasteiger partial charge in [0.2, 0.25) is 6.39 Å². The van der Waals surface area contributed by atoms with Crippen LogP contribution in [0.25, 0.3) is 11.5 Å². The average Bonchev–Trinajstić information content (AvgIpc) is 3.08. The van der Waals surface area contributed by atoms with Gasteiger partial charge in [-0.3, -0.25) is 0 Å². The Balaban J connectivity index is 1.95. The first-order valence-corrected chi connectivity index (χ1v) is 6.72. The van der Waals surface area contributed by atoms with Crippen LogP contribution in [0, 0.1) is 0 Å². The van der Waals surface area contributed by atoms with E-state index in [1.807, 2.05) is 30.3 Å². The number of aromatic nitrogens is 3. The minimum absolute atomic E-state index is 0.0739. The summed E-state index contributed by atoms with van der Waals surface area (Å²) in [6.45, 7) is -0.0739. The first-order chi connectivity index (χ1) is 10.8. The van der Waals surface area contributed by atoms with Gasteiger partial charge in [-0.25, -0.2) is 4.98 Å². The van der Waals surface area contributed by atoms with Crippen molar-refractivity contribution in [2.24, 2.45) is 0 Å². The van der Waals surface area contributed by atoms with Gasteiger partial charge in [-0.2, -0.15) is 0 Å². The maximum absolute atomic E-state index is 9.67. The van der Waals surface area contributed by atoms with Crippen LogP contribution in [0.1, 0.15) is 11.6 Å². The smallest absolute Gasteiger partial charge is 0.251 e. The van der Waals surface area contributed by atoms with Crippen LogP contribution in [0.15, 0.2) is 53.4 Å². The number of benzene rings is 1. The van der Waals surface area contributed by atoms with Crippen molar-refractivity contribution in [3.8, 4) is 11.5 Å².